The molecule has 2 fully saturated rings. The minimum absolute atomic E-state index is 0.0662. The molecule has 2 saturated carbocycles. The number of aromatic hydroxyl groups is 1. The summed E-state index contributed by atoms with van der Waals surface area (Å²) in [5, 5.41) is 18.0. The van der Waals surface area contributed by atoms with Crippen LogP contribution in [0.2, 0.25) is 0 Å². The van der Waals surface area contributed by atoms with Gasteiger partial charge in [-0.2, -0.15) is 0 Å². The molecule has 6 N–H and O–H groups in total. The summed E-state index contributed by atoms with van der Waals surface area (Å²) in [6, 6.07) is -0.301. The molecule has 9 heteroatoms. The topological polar surface area (TPSA) is 157 Å². The lowest BCUT2D eigenvalue weighted by molar-refractivity contribution is -0.131. The Kier molecular flexibility index (Phi) is 5.36. The van der Waals surface area contributed by atoms with Gasteiger partial charge in [-0.25, -0.2) is 4.79 Å². The maximum Gasteiger partial charge on any atom is 0.334 e. The number of carbonyl (C=O) groups is 1. The molecule has 154 valence electrons. The van der Waals surface area contributed by atoms with Crippen molar-refractivity contribution in [3.8, 4) is 5.88 Å². The smallest absolute Gasteiger partial charge is 0.334 e. The summed E-state index contributed by atoms with van der Waals surface area (Å²) < 4.78 is 2.32. The molecule has 1 aromatic rings. The van der Waals surface area contributed by atoms with Gasteiger partial charge in [-0.1, -0.05) is 13.3 Å². The van der Waals surface area contributed by atoms with Crippen LogP contribution in [0.4, 0.5) is 0 Å². The first-order chi connectivity index (χ1) is 13.2. The van der Waals surface area contributed by atoms with Gasteiger partial charge in [0.05, 0.1) is 0 Å². The number of aromatic nitrogens is 2. The molecule has 0 aliphatic heterocycles. The zero-order chi connectivity index (χ0) is 20.6. The van der Waals surface area contributed by atoms with Gasteiger partial charge in [0.15, 0.2) is 0 Å². The van der Waals surface area contributed by atoms with Crippen LogP contribution in [0.25, 0.3) is 0 Å². The van der Waals surface area contributed by atoms with Crippen molar-refractivity contribution in [1.82, 2.24) is 9.13 Å². The molecule has 1 amide bonds. The monoisotopic (exact) mass is 391 g/mol. The summed E-state index contributed by atoms with van der Waals surface area (Å²) in [5.41, 5.74) is 9.43. The number of nitrogens with one attached hydrogen (secondary N) is 1. The number of primary amides is 1. The maximum atomic E-state index is 13.0. The minimum Gasteiger partial charge on any atom is -0.494 e. The number of hydrogen-bond donors (Lipinski definition) is 4. The minimum atomic E-state index is -0.702. The largest absolute Gasteiger partial charge is 0.494 e. The third kappa shape index (κ3) is 3.33. The highest BCUT2D eigenvalue weighted by molar-refractivity contribution is 5.96. The molecule has 9 nitrogen and oxygen atoms in total. The number of nitrogens with two attached hydrogens (primary N) is 2. The predicted molar refractivity (Wildman–Crippen MR) is 104 cm³/mol. The van der Waals surface area contributed by atoms with Crippen LogP contribution in [0.1, 0.15) is 69.9 Å². The number of amidine groups is 1. The lowest BCUT2D eigenvalue weighted by Gasteiger charge is -2.50. The number of nitrogens with zero attached hydrogens (tertiary/aromatic N) is 2. The molecule has 0 saturated heterocycles. The van der Waals surface area contributed by atoms with Crippen molar-refractivity contribution in [2.24, 2.45) is 22.8 Å². The Morgan fingerprint density at radius 1 is 1.25 bits per heavy atom. The second kappa shape index (κ2) is 7.44. The highest BCUT2D eigenvalue weighted by Gasteiger charge is 2.48. The van der Waals surface area contributed by atoms with Crippen molar-refractivity contribution < 1.29 is 9.90 Å². The number of rotatable bonds is 6. The van der Waals surface area contributed by atoms with Gasteiger partial charge in [0.1, 0.15) is 11.4 Å². The van der Waals surface area contributed by atoms with E-state index >= 15 is 0 Å². The highest BCUT2D eigenvalue weighted by atomic mass is 16.3. The molecule has 2 aliphatic rings. The first-order valence-corrected chi connectivity index (χ1v) is 9.93. The van der Waals surface area contributed by atoms with E-state index in [1.807, 2.05) is 6.92 Å². The Balaban J connectivity index is 1.91. The Morgan fingerprint density at radius 2 is 1.86 bits per heavy atom. The molecule has 3 rings (SSSR count). The van der Waals surface area contributed by atoms with Gasteiger partial charge in [0, 0.05) is 18.5 Å². The SMILES string of the molecule is CCCCn1c(O)c(C(=N)N)c(=O)n(C2CCC3(CC2)CC(C(N)=O)C3)c1=O. The van der Waals surface area contributed by atoms with Gasteiger partial charge in [-0.15, -0.1) is 0 Å². The van der Waals surface area contributed by atoms with E-state index < -0.39 is 23.0 Å². The van der Waals surface area contributed by atoms with Crippen molar-refractivity contribution in [1.29, 1.82) is 5.41 Å². The van der Waals surface area contributed by atoms with Crippen LogP contribution in [-0.4, -0.2) is 26.0 Å². The van der Waals surface area contributed by atoms with Crippen LogP contribution in [0, 0.1) is 16.7 Å². The fourth-order valence-corrected chi connectivity index (χ4v) is 4.80. The maximum absolute atomic E-state index is 13.0. The molecule has 0 aromatic carbocycles. The highest BCUT2D eigenvalue weighted by Crippen LogP contribution is 2.56. The van der Waals surface area contributed by atoms with Crippen LogP contribution in [0.3, 0.4) is 0 Å². The van der Waals surface area contributed by atoms with Crippen LogP contribution in [-0.2, 0) is 11.3 Å². The van der Waals surface area contributed by atoms with E-state index in [-0.39, 0.29) is 35.4 Å². The van der Waals surface area contributed by atoms with Crippen molar-refractivity contribution in [3.63, 3.8) is 0 Å². The first-order valence-electron chi connectivity index (χ1n) is 9.93. The number of amides is 1. The average molecular weight is 391 g/mol. The second-order valence-corrected chi connectivity index (χ2v) is 8.31. The molecule has 2 aliphatic carbocycles. The molecule has 28 heavy (non-hydrogen) atoms. The van der Waals surface area contributed by atoms with Crippen molar-refractivity contribution in [2.45, 2.75) is 70.9 Å². The fraction of sp³-hybridized carbons (Fsp3) is 0.684. The van der Waals surface area contributed by atoms with Gasteiger partial charge < -0.3 is 16.6 Å². The van der Waals surface area contributed by atoms with E-state index in [0.717, 1.165) is 36.7 Å². The Morgan fingerprint density at radius 3 is 2.36 bits per heavy atom. The Hall–Kier alpha value is -2.58. The van der Waals surface area contributed by atoms with E-state index in [4.69, 9.17) is 16.9 Å². The van der Waals surface area contributed by atoms with Crippen LogP contribution in [0.15, 0.2) is 9.59 Å². The predicted octanol–water partition coefficient (Wildman–Crippen LogP) is 0.797. The van der Waals surface area contributed by atoms with Gasteiger partial charge in [0.25, 0.3) is 5.56 Å². The van der Waals surface area contributed by atoms with E-state index in [1.54, 1.807) is 0 Å². The zero-order valence-electron chi connectivity index (χ0n) is 16.2. The van der Waals surface area contributed by atoms with Crippen LogP contribution >= 0.6 is 0 Å². The van der Waals surface area contributed by atoms with Gasteiger partial charge >= 0.3 is 5.69 Å². The lowest BCUT2D eigenvalue weighted by atomic mass is 9.55. The Bertz CT molecular complexity index is 900. The van der Waals surface area contributed by atoms with E-state index in [9.17, 15) is 19.5 Å². The number of unbranched alkanes of at least 4 members (excludes halogenated alkanes) is 1. The quantitative estimate of drug-likeness (QED) is 0.416. The third-order valence-corrected chi connectivity index (χ3v) is 6.50. The summed E-state index contributed by atoms with van der Waals surface area (Å²) in [4.78, 5) is 37.2. The molecule has 0 unspecified atom stereocenters. The summed E-state index contributed by atoms with van der Waals surface area (Å²) in [6.45, 7) is 2.22. The standard InChI is InChI=1S/C19H29N5O4/c1-2-3-8-23-16(26)13(14(20)21)17(27)24(18(23)28)12-4-6-19(7-5-12)9-11(10-19)15(22)25/h11-12,26H,2-10H2,1H3,(H3,20,21)(H2,22,25). The number of nitrogen functional groups attached to an aromatic ring is 1. The van der Waals surface area contributed by atoms with Crippen LogP contribution < -0.4 is 22.7 Å². The van der Waals surface area contributed by atoms with E-state index in [1.165, 1.54) is 4.57 Å². The lowest BCUT2D eigenvalue weighted by Crippen LogP contribution is -2.49. The zero-order valence-corrected chi connectivity index (χ0v) is 16.2. The summed E-state index contributed by atoms with van der Waals surface area (Å²) in [6.07, 6.45) is 5.93. The van der Waals surface area contributed by atoms with Crippen molar-refractivity contribution in [2.75, 3.05) is 0 Å². The van der Waals surface area contributed by atoms with Crippen LogP contribution in [0.5, 0.6) is 5.88 Å². The molecular formula is C19H29N5O4. The Labute approximate surface area is 162 Å². The molecule has 0 atom stereocenters. The number of hydrogen-bond acceptors (Lipinski definition) is 5. The van der Waals surface area contributed by atoms with E-state index in [2.05, 4.69) is 0 Å². The second-order valence-electron chi connectivity index (χ2n) is 8.31. The molecule has 0 bridgehead atoms. The summed E-state index contributed by atoms with van der Waals surface area (Å²) in [5.74, 6) is -1.39. The third-order valence-electron chi connectivity index (χ3n) is 6.50. The molecule has 1 heterocycles. The van der Waals surface area contributed by atoms with Crippen molar-refractivity contribution >= 4 is 11.7 Å². The first kappa shape index (κ1) is 20.2. The number of carbonyl (C=O) groups excluding carboxylic acids is 1. The summed E-state index contributed by atoms with van der Waals surface area (Å²) in [7, 11) is 0. The molecule has 0 radical (unpaired) electrons. The van der Waals surface area contributed by atoms with Gasteiger partial charge in [0.2, 0.25) is 11.8 Å². The molecule has 1 aromatic heterocycles. The van der Waals surface area contributed by atoms with E-state index in [0.29, 0.717) is 19.3 Å². The van der Waals surface area contributed by atoms with Gasteiger partial charge in [-0.05, 0) is 50.4 Å². The normalized spacial score (nSPS) is 26.8. The van der Waals surface area contributed by atoms with Gasteiger partial charge in [-0.3, -0.25) is 24.1 Å². The molecule has 1 spiro atoms. The fourth-order valence-electron chi connectivity index (χ4n) is 4.80. The average Bonchev–Trinajstić information content (AvgIpc) is 2.59. The summed E-state index contributed by atoms with van der Waals surface area (Å²) >= 11 is 0. The van der Waals surface area contributed by atoms with Crippen molar-refractivity contribution in [3.05, 3.63) is 26.4 Å². The molecular weight excluding hydrogens is 362 g/mol.